The predicted octanol–water partition coefficient (Wildman–Crippen LogP) is 6.25. The molecule has 0 saturated heterocycles. The van der Waals surface area contributed by atoms with Crippen LogP contribution in [-0.4, -0.2) is 34.9 Å². The zero-order chi connectivity index (χ0) is 23.8. The Morgan fingerprint density at radius 3 is 2.48 bits per heavy atom. The van der Waals surface area contributed by atoms with Gasteiger partial charge in [0.2, 0.25) is 0 Å². The van der Waals surface area contributed by atoms with Gasteiger partial charge >= 0.3 is 0 Å². The Balaban J connectivity index is 2.24. The summed E-state index contributed by atoms with van der Waals surface area (Å²) in [6, 6.07) is 13.9. The van der Waals surface area contributed by atoms with Gasteiger partial charge in [-0.25, -0.2) is 4.39 Å². The molecule has 0 aliphatic carbocycles. The average molecular weight is 482 g/mol. The number of ether oxygens (including phenoxy) is 2. The molecule has 33 heavy (non-hydrogen) atoms. The second kappa shape index (κ2) is 11.5. The Morgan fingerprint density at radius 1 is 1.12 bits per heavy atom. The van der Waals surface area contributed by atoms with E-state index in [0.29, 0.717) is 4.38 Å². The molecule has 2 aromatic carbocycles. The van der Waals surface area contributed by atoms with Crippen molar-refractivity contribution < 1.29 is 18.7 Å². The molecule has 0 bridgehead atoms. The van der Waals surface area contributed by atoms with Crippen LogP contribution in [0.1, 0.15) is 15.9 Å². The third-order valence-corrected chi connectivity index (χ3v) is 6.46. The number of hydrogen-bond acceptors (Lipinski definition) is 6. The molecule has 0 aliphatic rings. The van der Waals surface area contributed by atoms with Crippen LogP contribution in [0.3, 0.4) is 0 Å². The van der Waals surface area contributed by atoms with E-state index in [2.05, 4.69) is 14.8 Å². The number of aliphatic imine (C=N–C) groups is 1. The predicted molar refractivity (Wildman–Crippen MR) is 132 cm³/mol. The number of carbonyl (C=O) groups is 1. The number of methoxy groups -OCH3 is 1. The molecular formula is C24H20FN3O3S2. The molecule has 0 saturated carbocycles. The van der Waals surface area contributed by atoms with Gasteiger partial charge in [-0.05, 0) is 24.1 Å². The highest BCUT2D eigenvalue weighted by Crippen LogP contribution is 2.41. The summed E-state index contributed by atoms with van der Waals surface area (Å²) in [6.07, 6.45) is 4.91. The molecule has 6 nitrogen and oxygen atoms in total. The highest BCUT2D eigenvalue weighted by Gasteiger charge is 2.27. The van der Waals surface area contributed by atoms with E-state index in [1.165, 1.54) is 49.0 Å². The third-order valence-electron chi connectivity index (χ3n) is 4.58. The van der Waals surface area contributed by atoms with E-state index in [4.69, 9.17) is 16.0 Å². The Bertz CT molecular complexity index is 1220. The molecule has 0 N–H and O–H groups in total. The van der Waals surface area contributed by atoms with E-state index in [-0.39, 0.29) is 40.6 Å². The lowest BCUT2D eigenvalue weighted by atomic mass is 9.98. The normalized spacial score (nSPS) is 10.3. The molecule has 0 atom stereocenters. The smallest absolute Gasteiger partial charge is 0.281 e. The second-order valence-electron chi connectivity index (χ2n) is 6.50. The molecule has 1 aromatic heterocycles. The Hall–Kier alpha value is -3.35. The molecule has 1 heterocycles. The molecule has 3 aromatic rings. The number of carbonyl (C=O) groups excluding carboxylic acids is 1. The van der Waals surface area contributed by atoms with Gasteiger partial charge in [0.15, 0.2) is 23.5 Å². The van der Waals surface area contributed by atoms with E-state index >= 15 is 4.39 Å². The molecule has 0 fully saturated rings. The first kappa shape index (κ1) is 24.3. The fourth-order valence-electron chi connectivity index (χ4n) is 3.06. The number of hydrogen-bond donors (Lipinski definition) is 0. The van der Waals surface area contributed by atoms with Gasteiger partial charge in [-0.3, -0.25) is 4.79 Å². The van der Waals surface area contributed by atoms with Crippen LogP contribution in [0.4, 0.5) is 10.2 Å². The van der Waals surface area contributed by atoms with Gasteiger partial charge in [-0.1, -0.05) is 49.0 Å². The summed E-state index contributed by atoms with van der Waals surface area (Å²) in [5.74, 6) is -1.41. The lowest BCUT2D eigenvalue weighted by molar-refractivity contribution is 0.0999. The fraction of sp³-hybridized carbons (Fsp3) is 0.167. The van der Waals surface area contributed by atoms with Crippen LogP contribution in [0, 0.1) is 12.4 Å². The van der Waals surface area contributed by atoms with Crippen LogP contribution in [0.5, 0.6) is 11.5 Å². The zero-order valence-corrected chi connectivity index (χ0v) is 19.8. The van der Waals surface area contributed by atoms with Crippen molar-refractivity contribution in [2.45, 2.75) is 6.61 Å². The average Bonchev–Trinajstić information content (AvgIpc) is 2.86. The molecule has 0 aliphatic heterocycles. The van der Waals surface area contributed by atoms with Gasteiger partial charge in [0.1, 0.15) is 11.0 Å². The highest BCUT2D eigenvalue weighted by molar-refractivity contribution is 8.38. The largest absolute Gasteiger partial charge is 0.494 e. The molecule has 9 heteroatoms. The van der Waals surface area contributed by atoms with Crippen molar-refractivity contribution in [3.63, 3.8) is 0 Å². The molecule has 1 amide bonds. The van der Waals surface area contributed by atoms with Gasteiger partial charge < -0.3 is 14.3 Å². The molecular weight excluding hydrogens is 461 g/mol. The number of nitrogens with zero attached hydrogens (tertiary/aromatic N) is 3. The minimum Gasteiger partial charge on any atom is -0.494 e. The first-order valence-electron chi connectivity index (χ1n) is 9.65. The van der Waals surface area contributed by atoms with Crippen molar-refractivity contribution in [3.8, 4) is 22.6 Å². The Morgan fingerprint density at radius 2 is 1.85 bits per heavy atom. The van der Waals surface area contributed by atoms with Crippen molar-refractivity contribution in [2.24, 2.45) is 4.99 Å². The first-order valence-corrected chi connectivity index (χ1v) is 12.1. The quantitative estimate of drug-likeness (QED) is 0.236. The van der Waals surface area contributed by atoms with E-state index in [0.717, 1.165) is 5.56 Å². The monoisotopic (exact) mass is 481 g/mol. The van der Waals surface area contributed by atoms with E-state index in [9.17, 15) is 4.79 Å². The van der Waals surface area contributed by atoms with E-state index < -0.39 is 11.7 Å². The molecule has 0 radical (unpaired) electrons. The van der Waals surface area contributed by atoms with Gasteiger partial charge in [-0.15, -0.1) is 28.5 Å². The number of benzene rings is 2. The Labute approximate surface area is 200 Å². The van der Waals surface area contributed by atoms with Crippen LogP contribution >= 0.6 is 23.5 Å². The van der Waals surface area contributed by atoms with Crippen molar-refractivity contribution in [2.75, 3.05) is 19.6 Å². The van der Waals surface area contributed by atoms with Gasteiger partial charge in [-0.2, -0.15) is 4.99 Å². The summed E-state index contributed by atoms with van der Waals surface area (Å²) in [4.78, 5) is 25.1. The minimum absolute atomic E-state index is 0.00594. The number of thioether (sulfide) groups is 2. The zero-order valence-electron chi connectivity index (χ0n) is 18.2. The summed E-state index contributed by atoms with van der Waals surface area (Å²) in [5, 5.41) is 0. The van der Waals surface area contributed by atoms with Crippen molar-refractivity contribution in [1.29, 1.82) is 0 Å². The van der Waals surface area contributed by atoms with Crippen LogP contribution in [-0.2, 0) is 6.61 Å². The fourth-order valence-corrected chi connectivity index (χ4v) is 4.07. The summed E-state index contributed by atoms with van der Waals surface area (Å²) >= 11 is 2.62. The van der Waals surface area contributed by atoms with Gasteiger partial charge in [0.25, 0.3) is 11.7 Å². The summed E-state index contributed by atoms with van der Waals surface area (Å²) in [7, 11) is 1.34. The maximum Gasteiger partial charge on any atom is 0.281 e. The number of amides is 1. The maximum absolute atomic E-state index is 15.2. The maximum atomic E-state index is 15.2. The molecule has 0 unspecified atom stereocenters. The standard InChI is InChI=1S/C24H20FN3O3S2/c1-26-22-19(16-11-8-12-17(30-2)21(16)25)20(23(29)28-24(32-3)33-4)18(13-27-22)31-14-15-9-6-5-7-10-15/h5-13H,14H2,2-4H3. The van der Waals surface area contributed by atoms with Gasteiger partial charge in [0, 0.05) is 11.1 Å². The van der Waals surface area contributed by atoms with Gasteiger partial charge in [0.05, 0.1) is 12.7 Å². The second-order valence-corrected chi connectivity index (χ2v) is 8.34. The van der Waals surface area contributed by atoms with Crippen LogP contribution in [0.15, 0.2) is 59.7 Å². The number of halogens is 1. The van der Waals surface area contributed by atoms with E-state index in [1.807, 2.05) is 30.3 Å². The van der Waals surface area contributed by atoms with Crippen molar-refractivity contribution in [1.82, 2.24) is 4.98 Å². The van der Waals surface area contributed by atoms with E-state index in [1.54, 1.807) is 18.6 Å². The summed E-state index contributed by atoms with van der Waals surface area (Å²) < 4.78 is 26.8. The molecule has 168 valence electrons. The lowest BCUT2D eigenvalue weighted by Gasteiger charge is -2.15. The number of pyridine rings is 1. The Kier molecular flexibility index (Phi) is 8.46. The first-order chi connectivity index (χ1) is 16.0. The SMILES string of the molecule is [C-]#[N+]c1ncc(OCc2ccccc2)c(C(=O)N=C(SC)SC)c1-c1cccc(OC)c1F. The summed E-state index contributed by atoms with van der Waals surface area (Å²) in [5.41, 5.74) is 0.866. The highest BCUT2D eigenvalue weighted by atomic mass is 32.2. The molecule has 3 rings (SSSR count). The molecule has 0 spiro atoms. The third kappa shape index (κ3) is 5.53. The topological polar surface area (TPSA) is 65.1 Å². The van der Waals surface area contributed by atoms with Crippen LogP contribution in [0.25, 0.3) is 16.0 Å². The lowest BCUT2D eigenvalue weighted by Crippen LogP contribution is -2.08. The number of rotatable bonds is 6. The summed E-state index contributed by atoms with van der Waals surface area (Å²) in [6.45, 7) is 7.73. The number of aromatic nitrogens is 1. The minimum atomic E-state index is -0.708. The van der Waals surface area contributed by atoms with Crippen LogP contribution < -0.4 is 9.47 Å². The van der Waals surface area contributed by atoms with Crippen molar-refractivity contribution in [3.05, 3.63) is 83.1 Å². The van der Waals surface area contributed by atoms with Crippen LogP contribution in [0.2, 0.25) is 0 Å². The van der Waals surface area contributed by atoms with Crippen molar-refractivity contribution >= 4 is 39.6 Å².